The number of furan rings is 1. The summed E-state index contributed by atoms with van der Waals surface area (Å²) in [5.41, 5.74) is 4.92. The van der Waals surface area contributed by atoms with Gasteiger partial charge in [0.1, 0.15) is 11.2 Å². The van der Waals surface area contributed by atoms with Crippen molar-refractivity contribution in [3.05, 3.63) is 67.5 Å². The normalized spacial score (nSPS) is 14.9. The lowest BCUT2D eigenvalue weighted by Crippen LogP contribution is -2.19. The fraction of sp³-hybridized carbons (Fsp3) is 0.269. The number of H-pyrrole nitrogens is 2. The summed E-state index contributed by atoms with van der Waals surface area (Å²) < 4.78 is 11.4. The van der Waals surface area contributed by atoms with E-state index in [1.807, 2.05) is 22.9 Å². The van der Waals surface area contributed by atoms with E-state index in [0.717, 1.165) is 53.2 Å². The van der Waals surface area contributed by atoms with E-state index in [1.165, 1.54) is 12.1 Å². The highest BCUT2D eigenvalue weighted by Crippen LogP contribution is 2.40. The number of hydrogen-bond donors (Lipinski definition) is 2. The minimum atomic E-state index is -0.202. The number of benzene rings is 2. The molecule has 2 N–H and O–H groups in total. The zero-order chi connectivity index (χ0) is 24.0. The lowest BCUT2D eigenvalue weighted by molar-refractivity contribution is 0.476. The fourth-order valence-electron chi connectivity index (χ4n) is 5.79. The molecule has 0 spiro atoms. The lowest BCUT2D eigenvalue weighted by Gasteiger charge is -2.13. The summed E-state index contributed by atoms with van der Waals surface area (Å²) in [5.74, 6) is 0. The molecule has 4 aromatic heterocycles. The van der Waals surface area contributed by atoms with Crippen molar-refractivity contribution < 1.29 is 4.42 Å². The number of nitrogens with one attached hydrogen (secondary N) is 2. The fourth-order valence-corrected chi connectivity index (χ4v) is 5.79. The van der Waals surface area contributed by atoms with Crippen LogP contribution in [-0.2, 0) is 14.1 Å². The molecule has 9 nitrogen and oxygen atoms in total. The minimum Gasteiger partial charge on any atom is -0.454 e. The molecule has 0 radical (unpaired) electrons. The van der Waals surface area contributed by atoms with Gasteiger partial charge in [-0.2, -0.15) is 0 Å². The smallest absolute Gasteiger partial charge is 0.328 e. The molecule has 1 aliphatic rings. The summed E-state index contributed by atoms with van der Waals surface area (Å²) in [6.07, 6.45) is 4.26. The maximum atomic E-state index is 13.4. The van der Waals surface area contributed by atoms with Crippen LogP contribution < -0.4 is 16.7 Å². The molecule has 1 fully saturated rings. The van der Waals surface area contributed by atoms with Gasteiger partial charge in [-0.05, 0) is 42.7 Å². The molecule has 0 aliphatic heterocycles. The van der Waals surface area contributed by atoms with E-state index in [-0.39, 0.29) is 22.7 Å². The quantitative estimate of drug-likeness (QED) is 0.401. The van der Waals surface area contributed by atoms with Crippen molar-refractivity contribution in [2.45, 2.75) is 31.7 Å². The monoisotopic (exact) mass is 469 g/mol. The summed E-state index contributed by atoms with van der Waals surface area (Å²) in [7, 11) is 3.48. The first-order valence-corrected chi connectivity index (χ1v) is 11.8. The highest BCUT2D eigenvalue weighted by molar-refractivity contribution is 6.14. The van der Waals surface area contributed by atoms with Gasteiger partial charge >= 0.3 is 5.69 Å². The molecule has 0 amide bonds. The Morgan fingerprint density at radius 1 is 0.943 bits per heavy atom. The van der Waals surface area contributed by atoms with Crippen molar-refractivity contribution >= 4 is 44.1 Å². The Morgan fingerprint density at radius 2 is 1.71 bits per heavy atom. The van der Waals surface area contributed by atoms with Crippen molar-refractivity contribution in [3.63, 3.8) is 0 Å². The van der Waals surface area contributed by atoms with Gasteiger partial charge in [0.15, 0.2) is 11.0 Å². The maximum absolute atomic E-state index is 13.4. The van der Waals surface area contributed by atoms with Crippen LogP contribution in [0.2, 0.25) is 0 Å². The number of aryl methyl sites for hydroxylation is 2. The molecule has 4 heterocycles. The van der Waals surface area contributed by atoms with E-state index >= 15 is 0 Å². The average molecular weight is 470 g/mol. The van der Waals surface area contributed by atoms with Crippen LogP contribution >= 0.6 is 0 Å². The predicted molar refractivity (Wildman–Crippen MR) is 135 cm³/mol. The van der Waals surface area contributed by atoms with Gasteiger partial charge in [-0.25, -0.2) is 4.79 Å². The van der Waals surface area contributed by atoms with Gasteiger partial charge in [0, 0.05) is 31.1 Å². The number of hydrogen-bond acceptors (Lipinski definition) is 4. The van der Waals surface area contributed by atoms with E-state index in [9.17, 15) is 14.4 Å². The van der Waals surface area contributed by atoms with Gasteiger partial charge in [0.05, 0.1) is 28.0 Å². The Hall–Kier alpha value is -4.27. The molecule has 1 aliphatic carbocycles. The van der Waals surface area contributed by atoms with Gasteiger partial charge in [-0.3, -0.25) is 28.5 Å². The van der Waals surface area contributed by atoms with E-state index < -0.39 is 0 Å². The first-order chi connectivity index (χ1) is 16.9. The Balaban J connectivity index is 1.66. The van der Waals surface area contributed by atoms with Crippen LogP contribution in [0.25, 0.3) is 55.3 Å². The number of aromatic nitrogens is 5. The zero-order valence-electron chi connectivity index (χ0n) is 19.3. The molecule has 7 rings (SSSR count). The molecule has 0 unspecified atom stereocenters. The molecule has 176 valence electrons. The topological polar surface area (TPSA) is 111 Å². The number of rotatable bonds is 2. The van der Waals surface area contributed by atoms with Gasteiger partial charge in [0.25, 0.3) is 5.56 Å². The highest BCUT2D eigenvalue weighted by Gasteiger charge is 2.26. The Kier molecular flexibility index (Phi) is 3.96. The van der Waals surface area contributed by atoms with E-state index in [4.69, 9.17) is 4.42 Å². The molecule has 0 saturated heterocycles. The third-order valence-electron chi connectivity index (χ3n) is 7.56. The highest BCUT2D eigenvalue weighted by atomic mass is 16.3. The first-order valence-electron chi connectivity index (χ1n) is 11.8. The number of pyridine rings is 1. The molecular weight excluding hydrogens is 446 g/mol. The van der Waals surface area contributed by atoms with Crippen LogP contribution in [0.1, 0.15) is 31.7 Å². The van der Waals surface area contributed by atoms with Crippen molar-refractivity contribution in [3.8, 4) is 11.1 Å². The molecule has 2 aromatic carbocycles. The average Bonchev–Trinajstić information content (AvgIpc) is 3.61. The van der Waals surface area contributed by atoms with Crippen molar-refractivity contribution in [1.29, 1.82) is 0 Å². The molecule has 6 aromatic rings. The molecule has 9 heteroatoms. The Bertz CT molecular complexity index is 2000. The number of imidazole rings is 1. The first kappa shape index (κ1) is 20.1. The number of nitrogens with zero attached hydrogens (tertiary/aromatic N) is 3. The Labute approximate surface area is 197 Å². The van der Waals surface area contributed by atoms with Crippen molar-refractivity contribution in [2.24, 2.45) is 14.1 Å². The largest absolute Gasteiger partial charge is 0.454 e. The second-order valence-corrected chi connectivity index (χ2v) is 9.54. The van der Waals surface area contributed by atoms with Gasteiger partial charge in [-0.15, -0.1) is 0 Å². The summed E-state index contributed by atoms with van der Waals surface area (Å²) in [4.78, 5) is 41.4. The second kappa shape index (κ2) is 6.88. The second-order valence-electron chi connectivity index (χ2n) is 9.54. The number of aromatic amines is 2. The van der Waals surface area contributed by atoms with Crippen LogP contribution in [0.4, 0.5) is 0 Å². The summed E-state index contributed by atoms with van der Waals surface area (Å²) >= 11 is 0. The van der Waals surface area contributed by atoms with Crippen molar-refractivity contribution in [1.82, 2.24) is 23.9 Å². The van der Waals surface area contributed by atoms with Gasteiger partial charge < -0.3 is 9.40 Å². The van der Waals surface area contributed by atoms with Gasteiger partial charge in [0.2, 0.25) is 0 Å². The van der Waals surface area contributed by atoms with Crippen molar-refractivity contribution in [2.75, 3.05) is 0 Å². The van der Waals surface area contributed by atoms with Crippen LogP contribution in [0.15, 0.2) is 55.2 Å². The molecule has 35 heavy (non-hydrogen) atoms. The molecular formula is C26H23N5O4. The minimum absolute atomic E-state index is 0.120. The van der Waals surface area contributed by atoms with Crippen LogP contribution in [-0.4, -0.2) is 23.9 Å². The summed E-state index contributed by atoms with van der Waals surface area (Å²) in [6, 6.07) is 10.7. The maximum Gasteiger partial charge on any atom is 0.328 e. The SMILES string of the molecule is Cn1c(=O)n(C)c2cc(-c3c4oc5cc(=O)ccc5c4[nH]c4c3c(=O)[nH]n4C3CCCC3)ccc21. The van der Waals surface area contributed by atoms with E-state index in [2.05, 4.69) is 10.1 Å². The van der Waals surface area contributed by atoms with E-state index in [1.54, 1.807) is 29.3 Å². The molecule has 0 atom stereocenters. The third kappa shape index (κ3) is 2.66. The number of fused-ring (bicyclic) bond motifs is 5. The van der Waals surface area contributed by atoms with Crippen LogP contribution in [0.5, 0.6) is 0 Å². The zero-order valence-corrected chi connectivity index (χ0v) is 19.3. The summed E-state index contributed by atoms with van der Waals surface area (Å²) in [5, 5.41) is 4.35. The standard InChI is InChI=1S/C26H23N5O4/c1-29-17-10-7-13(11-18(17)30(2)26(29)34)20-21-24(31(28-25(21)33)14-5-3-4-6-14)27-22-16-9-8-15(32)12-19(16)35-23(20)22/h7-12,14,27H,3-6H2,1-2H3,(H,28,33). The predicted octanol–water partition coefficient (Wildman–Crippen LogP) is 3.89. The summed E-state index contributed by atoms with van der Waals surface area (Å²) in [6.45, 7) is 0. The molecule has 0 bridgehead atoms. The lowest BCUT2D eigenvalue weighted by atomic mass is 10.0. The van der Waals surface area contributed by atoms with Crippen LogP contribution in [0.3, 0.4) is 0 Å². The van der Waals surface area contributed by atoms with Gasteiger partial charge in [-0.1, -0.05) is 18.9 Å². The third-order valence-corrected chi connectivity index (χ3v) is 7.56. The molecule has 1 saturated carbocycles. The van der Waals surface area contributed by atoms with Crippen LogP contribution in [0, 0.1) is 0 Å². The van der Waals surface area contributed by atoms with E-state index in [0.29, 0.717) is 27.8 Å². The Morgan fingerprint density at radius 3 is 2.51 bits per heavy atom.